The van der Waals surface area contributed by atoms with E-state index in [0.717, 1.165) is 36.4 Å². The van der Waals surface area contributed by atoms with Crippen molar-refractivity contribution in [1.29, 1.82) is 0 Å². The summed E-state index contributed by atoms with van der Waals surface area (Å²) in [4.78, 5) is 28.8. The highest BCUT2D eigenvalue weighted by atomic mass is 19.2. The first-order chi connectivity index (χ1) is 26.7. The molecular weight excluding hydrogens is 726 g/mol. The first-order valence-corrected chi connectivity index (χ1v) is 16.5. The molecule has 0 spiro atoms. The standard InChI is InChI=1S/C41H18F6N4O4/c42-17-5-1-6-18(43)29(17)33-23-13-14-25(48-23)35-31-21(46)9-3-11-27(31)53-39(35)51-40-36(32-22(47)10-4-12-28(32)54-40)26-16-15-24(49-26)34(38-50-37(33)41(52)55-38)30-19(44)7-2-8-20(30)45/h1-16,48-49H. The fourth-order valence-electron chi connectivity index (χ4n) is 7.09. The summed E-state index contributed by atoms with van der Waals surface area (Å²) >= 11 is 0. The van der Waals surface area contributed by atoms with E-state index in [0.29, 0.717) is 0 Å². The van der Waals surface area contributed by atoms with E-state index in [2.05, 4.69) is 19.9 Å². The van der Waals surface area contributed by atoms with Crippen molar-refractivity contribution >= 4 is 72.2 Å². The van der Waals surface area contributed by atoms with Crippen molar-refractivity contribution in [2.75, 3.05) is 0 Å². The number of nitrogens with one attached hydrogen (secondary N) is 2. The number of benzene rings is 4. The summed E-state index contributed by atoms with van der Waals surface area (Å²) in [5.74, 6) is -7.53. The molecule has 0 saturated heterocycles. The van der Waals surface area contributed by atoms with Crippen molar-refractivity contribution in [1.82, 2.24) is 19.9 Å². The van der Waals surface area contributed by atoms with Crippen molar-refractivity contribution in [2.45, 2.75) is 0 Å². The van der Waals surface area contributed by atoms with Crippen LogP contribution in [0, 0.1) is 34.9 Å². The molecule has 0 saturated carbocycles. The van der Waals surface area contributed by atoms with Gasteiger partial charge in [0.15, 0.2) is 5.69 Å². The number of carbonyl (C=O) groups excluding carboxylic acids is 1. The lowest BCUT2D eigenvalue weighted by Crippen LogP contribution is -2.05. The smallest absolute Gasteiger partial charge is 0.364 e. The minimum Gasteiger partial charge on any atom is -0.437 e. The molecule has 6 heterocycles. The summed E-state index contributed by atoms with van der Waals surface area (Å²) in [7, 11) is 0. The number of halogens is 6. The lowest BCUT2D eigenvalue weighted by Gasteiger charge is -2.06. The van der Waals surface area contributed by atoms with Gasteiger partial charge in [0.25, 0.3) is 0 Å². The number of esters is 1. The number of hydrogen-bond acceptors (Lipinski definition) is 6. The van der Waals surface area contributed by atoms with Crippen molar-refractivity contribution < 1.29 is 44.7 Å². The fourth-order valence-corrected chi connectivity index (χ4v) is 7.09. The Morgan fingerprint density at radius 1 is 0.436 bits per heavy atom. The predicted octanol–water partition coefficient (Wildman–Crippen LogP) is 11.2. The quantitative estimate of drug-likeness (QED) is 0.135. The van der Waals surface area contributed by atoms with E-state index in [9.17, 15) is 4.79 Å². The molecule has 0 amide bonds. The Balaban J connectivity index is 1.51. The van der Waals surface area contributed by atoms with E-state index >= 15 is 26.3 Å². The van der Waals surface area contributed by atoms with Gasteiger partial charge in [0.2, 0.25) is 17.3 Å². The molecule has 10 rings (SSSR count). The first-order valence-electron chi connectivity index (χ1n) is 16.5. The molecule has 1 aliphatic heterocycles. The van der Waals surface area contributed by atoms with E-state index in [1.165, 1.54) is 60.7 Å². The number of fused-ring (bicyclic) bond motifs is 14. The van der Waals surface area contributed by atoms with Crippen LogP contribution in [-0.4, -0.2) is 25.9 Å². The Bertz CT molecular complexity index is 3270. The molecule has 8 nitrogen and oxygen atoms in total. The third-order valence-corrected chi connectivity index (χ3v) is 9.42. The molecule has 55 heavy (non-hydrogen) atoms. The second-order valence-corrected chi connectivity index (χ2v) is 12.6. The van der Waals surface area contributed by atoms with Crippen molar-refractivity contribution in [3.63, 3.8) is 0 Å². The highest BCUT2D eigenvalue weighted by Gasteiger charge is 2.31. The second kappa shape index (κ2) is 11.8. The third kappa shape index (κ3) is 4.84. The number of H-pyrrole nitrogens is 2. The number of aromatic amines is 2. The zero-order valence-electron chi connectivity index (χ0n) is 27.5. The van der Waals surface area contributed by atoms with E-state index in [4.69, 9.17) is 13.6 Å². The molecule has 1 aliphatic rings. The van der Waals surface area contributed by atoms with Gasteiger partial charge < -0.3 is 23.5 Å². The van der Waals surface area contributed by atoms with Crippen LogP contribution in [0.15, 0.2) is 106 Å². The largest absolute Gasteiger partial charge is 0.437 e. The molecule has 2 N–H and O–H groups in total. The molecule has 0 radical (unpaired) electrons. The lowest BCUT2D eigenvalue weighted by atomic mass is 10.0. The van der Waals surface area contributed by atoms with Crippen LogP contribution in [0.5, 0.6) is 5.88 Å². The Morgan fingerprint density at radius 3 is 1.36 bits per heavy atom. The minimum absolute atomic E-state index is 0.0215. The van der Waals surface area contributed by atoms with Gasteiger partial charge in [-0.1, -0.05) is 24.3 Å². The normalized spacial score (nSPS) is 12.4. The molecule has 4 aromatic carbocycles. The number of ether oxygens (including phenoxy) is 1. The number of aromatic nitrogens is 4. The molecule has 14 heteroatoms. The van der Waals surface area contributed by atoms with E-state index in [1.54, 1.807) is 0 Å². The highest BCUT2D eigenvalue weighted by molar-refractivity contribution is 6.15. The van der Waals surface area contributed by atoms with E-state index in [1.807, 2.05) is 0 Å². The second-order valence-electron chi connectivity index (χ2n) is 12.6. The molecule has 5 aromatic heterocycles. The molecule has 0 aliphatic carbocycles. The van der Waals surface area contributed by atoms with Gasteiger partial charge in [-0.15, -0.1) is 0 Å². The maximum atomic E-state index is 15.7. The Labute approximate surface area is 302 Å². The van der Waals surface area contributed by atoms with Gasteiger partial charge in [0.05, 0.1) is 54.8 Å². The summed E-state index contributed by atoms with van der Waals surface area (Å²) < 4.78 is 112. The summed E-state index contributed by atoms with van der Waals surface area (Å²) in [6, 6.07) is 20.0. The molecule has 9 aromatic rings. The van der Waals surface area contributed by atoms with Crippen LogP contribution >= 0.6 is 0 Å². The number of furan rings is 2. The molecule has 0 atom stereocenters. The van der Waals surface area contributed by atoms with Crippen LogP contribution in [0.25, 0.3) is 88.5 Å². The summed E-state index contributed by atoms with van der Waals surface area (Å²) in [5.41, 5.74) is -2.98. The zero-order valence-corrected chi connectivity index (χ0v) is 27.5. The Kier molecular flexibility index (Phi) is 6.95. The maximum absolute atomic E-state index is 15.7. The van der Waals surface area contributed by atoms with Gasteiger partial charge in [-0.2, -0.15) is 4.98 Å². The zero-order chi connectivity index (χ0) is 37.7. The van der Waals surface area contributed by atoms with Crippen LogP contribution in [-0.2, 0) is 0 Å². The fraction of sp³-hybridized carbons (Fsp3) is 0. The van der Waals surface area contributed by atoms with Crippen LogP contribution in [0.2, 0.25) is 0 Å². The summed E-state index contributed by atoms with van der Waals surface area (Å²) in [6.45, 7) is 0. The number of hydrogen-bond donors (Lipinski definition) is 2. The van der Waals surface area contributed by atoms with Crippen LogP contribution in [0.4, 0.5) is 26.3 Å². The van der Waals surface area contributed by atoms with Gasteiger partial charge in [0.1, 0.15) is 46.1 Å². The number of carbonyl (C=O) groups is 1. The summed E-state index contributed by atoms with van der Waals surface area (Å²) in [5, 5.41) is 0.0568. The van der Waals surface area contributed by atoms with Gasteiger partial charge in [0, 0.05) is 11.1 Å². The predicted molar refractivity (Wildman–Crippen MR) is 191 cm³/mol. The number of rotatable bonds is 2. The van der Waals surface area contributed by atoms with Crippen molar-refractivity contribution in [3.8, 4) is 28.1 Å². The average molecular weight is 745 g/mol. The highest BCUT2D eigenvalue weighted by Crippen LogP contribution is 2.42. The molecule has 0 fully saturated rings. The van der Waals surface area contributed by atoms with E-state index < -0.39 is 69.1 Å². The molecule has 6 bridgehead atoms. The third-order valence-electron chi connectivity index (χ3n) is 9.42. The van der Waals surface area contributed by atoms with Crippen LogP contribution in [0.1, 0.15) is 10.5 Å². The SMILES string of the molecule is O=C1Oc2nc1c(-c1c(F)cccc1F)c1ccc([nH]1)c1c(nc3oc4cccc(F)c4c3c3ccc([nH]3)c2-c2c(F)cccc2F)oc2cccc(F)c21. The molecule has 268 valence electrons. The van der Waals surface area contributed by atoms with Crippen molar-refractivity contribution in [3.05, 3.63) is 138 Å². The van der Waals surface area contributed by atoms with E-state index in [-0.39, 0.29) is 71.8 Å². The average Bonchev–Trinajstić information content (AvgIpc) is 3.99. The summed E-state index contributed by atoms with van der Waals surface area (Å²) in [6.07, 6.45) is 0. The Morgan fingerprint density at radius 2 is 0.855 bits per heavy atom. The van der Waals surface area contributed by atoms with Gasteiger partial charge in [-0.05, 0) is 72.8 Å². The number of nitrogens with zero attached hydrogens (tertiary/aromatic N) is 2. The topological polar surface area (TPSA) is 110 Å². The van der Waals surface area contributed by atoms with Gasteiger partial charge in [-0.3, -0.25) is 0 Å². The minimum atomic E-state index is -1.21. The van der Waals surface area contributed by atoms with Crippen LogP contribution < -0.4 is 4.74 Å². The van der Waals surface area contributed by atoms with Gasteiger partial charge in [-0.25, -0.2) is 36.1 Å². The monoisotopic (exact) mass is 744 g/mol. The first kappa shape index (κ1) is 32.3. The maximum Gasteiger partial charge on any atom is 0.364 e. The molecular formula is C41H18F6N4O4. The van der Waals surface area contributed by atoms with Gasteiger partial charge >= 0.3 is 5.97 Å². The Hall–Kier alpha value is -7.35. The van der Waals surface area contributed by atoms with Crippen molar-refractivity contribution in [2.24, 2.45) is 0 Å². The molecule has 0 unspecified atom stereocenters. The lowest BCUT2D eigenvalue weighted by molar-refractivity contribution is 0.0755. The van der Waals surface area contributed by atoms with Crippen LogP contribution in [0.3, 0.4) is 0 Å².